The molecule has 0 aliphatic carbocycles. The van der Waals surface area contributed by atoms with E-state index < -0.39 is 0 Å². The van der Waals surface area contributed by atoms with E-state index in [2.05, 4.69) is 31.1 Å². The minimum atomic E-state index is 0.0139. The summed E-state index contributed by atoms with van der Waals surface area (Å²) in [7, 11) is 0. The first-order valence-electron chi connectivity index (χ1n) is 8.09. The maximum Gasteiger partial charge on any atom is 0.223 e. The summed E-state index contributed by atoms with van der Waals surface area (Å²) in [5.41, 5.74) is 3.17. The van der Waals surface area contributed by atoms with Gasteiger partial charge < -0.3 is 9.64 Å². The summed E-state index contributed by atoms with van der Waals surface area (Å²) in [5.74, 6) is 0.770. The van der Waals surface area contributed by atoms with Crippen molar-refractivity contribution in [1.29, 1.82) is 0 Å². The fourth-order valence-electron chi connectivity index (χ4n) is 2.99. The molecule has 1 saturated heterocycles. The lowest BCUT2D eigenvalue weighted by Gasteiger charge is -2.17. The van der Waals surface area contributed by atoms with Gasteiger partial charge in [-0.1, -0.05) is 0 Å². The average Bonchev–Trinajstić information content (AvgIpc) is 3.15. The second-order valence-electron chi connectivity index (χ2n) is 6.10. The SMILES string of the molecule is Cc1n[nH]c(C)c1CCC(=O)N1CCC(Oc2ccc(Br)cn2)C1. The summed E-state index contributed by atoms with van der Waals surface area (Å²) in [6.45, 7) is 5.32. The fourth-order valence-corrected chi connectivity index (χ4v) is 3.22. The Labute approximate surface area is 149 Å². The number of nitrogens with one attached hydrogen (secondary N) is 1. The number of hydrogen-bond donors (Lipinski definition) is 1. The Bertz CT molecular complexity index is 694. The predicted octanol–water partition coefficient (Wildman–Crippen LogP) is 2.80. The number of amides is 1. The number of hydrogen-bond acceptors (Lipinski definition) is 4. The number of aromatic nitrogens is 3. The Hall–Kier alpha value is -1.89. The molecule has 3 heterocycles. The van der Waals surface area contributed by atoms with Crippen LogP contribution in [-0.2, 0) is 11.2 Å². The van der Waals surface area contributed by atoms with Gasteiger partial charge in [0.1, 0.15) is 6.10 Å². The highest BCUT2D eigenvalue weighted by Crippen LogP contribution is 2.20. The number of pyridine rings is 1. The van der Waals surface area contributed by atoms with Crippen LogP contribution in [0.5, 0.6) is 5.88 Å². The van der Waals surface area contributed by atoms with Crippen LogP contribution >= 0.6 is 15.9 Å². The zero-order valence-corrected chi connectivity index (χ0v) is 15.5. The van der Waals surface area contributed by atoms with Gasteiger partial charge in [-0.05, 0) is 47.8 Å². The van der Waals surface area contributed by atoms with E-state index in [4.69, 9.17) is 4.74 Å². The molecule has 3 rings (SSSR count). The number of rotatable bonds is 5. The monoisotopic (exact) mass is 392 g/mol. The van der Waals surface area contributed by atoms with E-state index in [9.17, 15) is 4.79 Å². The van der Waals surface area contributed by atoms with E-state index in [1.54, 1.807) is 6.20 Å². The first kappa shape index (κ1) is 17.0. The van der Waals surface area contributed by atoms with E-state index in [1.165, 1.54) is 0 Å². The van der Waals surface area contributed by atoms with Crippen LogP contribution in [0, 0.1) is 13.8 Å². The first-order chi connectivity index (χ1) is 11.5. The molecular weight excluding hydrogens is 372 g/mol. The maximum atomic E-state index is 12.4. The summed E-state index contributed by atoms with van der Waals surface area (Å²) in [6.07, 6.45) is 3.80. The topological polar surface area (TPSA) is 71.1 Å². The summed E-state index contributed by atoms with van der Waals surface area (Å²) in [5, 5.41) is 7.14. The highest BCUT2D eigenvalue weighted by atomic mass is 79.9. The van der Waals surface area contributed by atoms with E-state index in [-0.39, 0.29) is 12.0 Å². The van der Waals surface area contributed by atoms with Crippen molar-refractivity contribution < 1.29 is 9.53 Å². The predicted molar refractivity (Wildman–Crippen MR) is 93.9 cm³/mol. The molecule has 0 spiro atoms. The molecule has 1 aliphatic heterocycles. The summed E-state index contributed by atoms with van der Waals surface area (Å²) in [4.78, 5) is 18.5. The van der Waals surface area contributed by atoms with Gasteiger partial charge >= 0.3 is 0 Å². The Balaban J connectivity index is 1.49. The molecule has 7 heteroatoms. The Kier molecular flexibility index (Phi) is 5.18. The standard InChI is InChI=1S/C17H21BrN4O2/c1-11-15(12(2)21-20-11)4-6-17(23)22-8-7-14(10-22)24-16-5-3-13(18)9-19-16/h3,5,9,14H,4,6-8,10H2,1-2H3,(H,20,21). The third-order valence-corrected chi connectivity index (χ3v) is 4.82. The van der Waals surface area contributed by atoms with Crippen LogP contribution in [-0.4, -0.2) is 45.2 Å². The number of H-pyrrole nitrogens is 1. The lowest BCUT2D eigenvalue weighted by Crippen LogP contribution is -2.31. The van der Waals surface area contributed by atoms with Gasteiger partial charge in [-0.3, -0.25) is 9.89 Å². The molecule has 2 aromatic heterocycles. The lowest BCUT2D eigenvalue weighted by atomic mass is 10.1. The minimum Gasteiger partial charge on any atom is -0.472 e. The Morgan fingerprint density at radius 1 is 1.46 bits per heavy atom. The van der Waals surface area contributed by atoms with Crippen molar-refractivity contribution in [2.45, 2.75) is 39.2 Å². The van der Waals surface area contributed by atoms with Crippen molar-refractivity contribution in [3.8, 4) is 5.88 Å². The molecule has 1 aliphatic rings. The van der Waals surface area contributed by atoms with Gasteiger partial charge in [0.2, 0.25) is 11.8 Å². The molecular formula is C17H21BrN4O2. The van der Waals surface area contributed by atoms with Crippen molar-refractivity contribution in [2.24, 2.45) is 0 Å². The van der Waals surface area contributed by atoms with E-state index in [0.29, 0.717) is 18.8 Å². The second kappa shape index (κ2) is 7.34. The Morgan fingerprint density at radius 3 is 2.96 bits per heavy atom. The first-order valence-corrected chi connectivity index (χ1v) is 8.88. The fraction of sp³-hybridized carbons (Fsp3) is 0.471. The molecule has 0 saturated carbocycles. The van der Waals surface area contributed by atoms with Crippen LogP contribution in [0.1, 0.15) is 29.8 Å². The molecule has 6 nitrogen and oxygen atoms in total. The summed E-state index contributed by atoms with van der Waals surface area (Å²) < 4.78 is 6.78. The van der Waals surface area contributed by atoms with Crippen LogP contribution in [0.3, 0.4) is 0 Å². The average molecular weight is 393 g/mol. The van der Waals surface area contributed by atoms with E-state index in [1.807, 2.05) is 30.9 Å². The molecule has 1 amide bonds. The van der Waals surface area contributed by atoms with Crippen LogP contribution in [0.15, 0.2) is 22.8 Å². The third-order valence-electron chi connectivity index (χ3n) is 4.35. The molecule has 1 N–H and O–H groups in total. The minimum absolute atomic E-state index is 0.0139. The molecule has 1 atom stereocenters. The summed E-state index contributed by atoms with van der Waals surface area (Å²) >= 11 is 3.35. The number of carbonyl (C=O) groups is 1. The number of halogens is 1. The third kappa shape index (κ3) is 3.95. The Morgan fingerprint density at radius 2 is 2.29 bits per heavy atom. The molecule has 1 unspecified atom stereocenters. The normalized spacial score (nSPS) is 17.3. The summed E-state index contributed by atoms with van der Waals surface area (Å²) in [6, 6.07) is 3.73. The van der Waals surface area contributed by atoms with Gasteiger partial charge in [-0.15, -0.1) is 0 Å². The van der Waals surface area contributed by atoms with E-state index in [0.717, 1.165) is 40.8 Å². The quantitative estimate of drug-likeness (QED) is 0.848. The molecule has 128 valence electrons. The molecule has 0 bridgehead atoms. The number of ether oxygens (including phenoxy) is 1. The molecule has 2 aromatic rings. The smallest absolute Gasteiger partial charge is 0.223 e. The highest BCUT2D eigenvalue weighted by molar-refractivity contribution is 9.10. The number of nitrogens with zero attached hydrogens (tertiary/aromatic N) is 3. The van der Waals surface area contributed by atoms with Crippen molar-refractivity contribution in [3.63, 3.8) is 0 Å². The van der Waals surface area contributed by atoms with Crippen molar-refractivity contribution in [2.75, 3.05) is 13.1 Å². The number of carbonyl (C=O) groups excluding carboxylic acids is 1. The van der Waals surface area contributed by atoms with Gasteiger partial charge in [0, 0.05) is 41.8 Å². The zero-order valence-electron chi connectivity index (χ0n) is 13.9. The van der Waals surface area contributed by atoms with E-state index >= 15 is 0 Å². The van der Waals surface area contributed by atoms with Crippen LogP contribution in [0.25, 0.3) is 0 Å². The van der Waals surface area contributed by atoms with Crippen molar-refractivity contribution >= 4 is 21.8 Å². The molecule has 1 fully saturated rings. The number of aryl methyl sites for hydroxylation is 2. The van der Waals surface area contributed by atoms with Crippen LogP contribution in [0.2, 0.25) is 0 Å². The number of aromatic amines is 1. The van der Waals surface area contributed by atoms with Crippen LogP contribution < -0.4 is 4.74 Å². The van der Waals surface area contributed by atoms with Gasteiger partial charge in [0.25, 0.3) is 0 Å². The van der Waals surface area contributed by atoms with Gasteiger partial charge in [0.05, 0.1) is 12.2 Å². The van der Waals surface area contributed by atoms with Gasteiger partial charge in [-0.25, -0.2) is 4.98 Å². The maximum absolute atomic E-state index is 12.4. The lowest BCUT2D eigenvalue weighted by molar-refractivity contribution is -0.130. The van der Waals surface area contributed by atoms with Crippen molar-refractivity contribution in [1.82, 2.24) is 20.1 Å². The molecule has 24 heavy (non-hydrogen) atoms. The number of likely N-dealkylation sites (tertiary alicyclic amines) is 1. The zero-order chi connectivity index (χ0) is 17.1. The van der Waals surface area contributed by atoms with Crippen molar-refractivity contribution in [3.05, 3.63) is 39.8 Å². The molecule has 0 aromatic carbocycles. The van der Waals surface area contributed by atoms with Gasteiger partial charge in [-0.2, -0.15) is 5.10 Å². The molecule has 0 radical (unpaired) electrons. The largest absolute Gasteiger partial charge is 0.472 e. The van der Waals surface area contributed by atoms with Crippen LogP contribution in [0.4, 0.5) is 0 Å². The second-order valence-corrected chi connectivity index (χ2v) is 7.01. The van der Waals surface area contributed by atoms with Gasteiger partial charge in [0.15, 0.2) is 0 Å². The highest BCUT2D eigenvalue weighted by Gasteiger charge is 2.27.